The minimum absolute atomic E-state index is 0. The summed E-state index contributed by atoms with van der Waals surface area (Å²) in [6, 6.07) is 8.41. The van der Waals surface area contributed by atoms with E-state index < -0.39 is 0 Å². The lowest BCUT2D eigenvalue weighted by molar-refractivity contribution is 0.585. The summed E-state index contributed by atoms with van der Waals surface area (Å²) in [5, 5.41) is 7.92. The largest absolute Gasteiger partial charge is 0.352 e. The van der Waals surface area contributed by atoms with Crippen LogP contribution in [0.1, 0.15) is 0 Å². The van der Waals surface area contributed by atoms with Crippen molar-refractivity contribution in [3.8, 4) is 11.3 Å². The van der Waals surface area contributed by atoms with Crippen molar-refractivity contribution in [2.45, 2.75) is 0 Å². The molecule has 0 aliphatic carbocycles. The minimum atomic E-state index is -0.240. The van der Waals surface area contributed by atoms with Gasteiger partial charge in [0.1, 0.15) is 11.3 Å². The highest BCUT2D eigenvalue weighted by Crippen LogP contribution is 2.25. The van der Waals surface area contributed by atoms with Gasteiger partial charge in [0.2, 0.25) is 0 Å². The van der Waals surface area contributed by atoms with Crippen LogP contribution in [0.2, 0.25) is 0 Å². The third-order valence-corrected chi connectivity index (χ3v) is 3.93. The van der Waals surface area contributed by atoms with Crippen LogP contribution >= 0.6 is 12.4 Å². The number of hydrogen-bond acceptors (Lipinski definition) is 4. The molecule has 0 spiro atoms. The van der Waals surface area contributed by atoms with Gasteiger partial charge in [-0.05, 0) is 30.3 Å². The van der Waals surface area contributed by atoms with Gasteiger partial charge in [0.05, 0.1) is 5.69 Å². The van der Waals surface area contributed by atoms with Gasteiger partial charge in [0.15, 0.2) is 5.82 Å². The number of aromatic nitrogens is 3. The number of anilines is 1. The van der Waals surface area contributed by atoms with Crippen molar-refractivity contribution in [3.05, 3.63) is 48.5 Å². The Kier molecular flexibility index (Phi) is 4.45. The van der Waals surface area contributed by atoms with Crippen LogP contribution in [0.3, 0.4) is 0 Å². The van der Waals surface area contributed by atoms with Crippen molar-refractivity contribution >= 4 is 23.7 Å². The van der Waals surface area contributed by atoms with Gasteiger partial charge in [0.25, 0.3) is 0 Å². The second-order valence-electron chi connectivity index (χ2n) is 5.35. The molecule has 0 saturated carbocycles. The van der Waals surface area contributed by atoms with Crippen molar-refractivity contribution in [2.75, 3.05) is 31.1 Å². The van der Waals surface area contributed by atoms with Crippen LogP contribution in [-0.2, 0) is 0 Å². The lowest BCUT2D eigenvalue weighted by Crippen LogP contribution is -2.44. The molecule has 23 heavy (non-hydrogen) atoms. The molecule has 1 fully saturated rings. The molecule has 0 radical (unpaired) electrons. The van der Waals surface area contributed by atoms with E-state index in [0.717, 1.165) is 48.8 Å². The number of benzene rings is 1. The van der Waals surface area contributed by atoms with Gasteiger partial charge in [-0.2, -0.15) is 5.10 Å². The number of hydrogen-bond donors (Lipinski definition) is 1. The summed E-state index contributed by atoms with van der Waals surface area (Å²) in [4.78, 5) is 6.79. The molecule has 0 amide bonds. The van der Waals surface area contributed by atoms with Gasteiger partial charge in [-0.3, -0.25) is 0 Å². The first kappa shape index (κ1) is 15.7. The standard InChI is InChI=1S/C16H16FN5.ClH/c17-13-3-1-12(2-4-13)14-11-15-16(19-7-10-22(15)20-14)21-8-5-18-6-9-21;/h1-4,7,10-11,18H,5-6,8-9H2;1H. The van der Waals surface area contributed by atoms with Crippen LogP contribution in [0.25, 0.3) is 16.8 Å². The van der Waals surface area contributed by atoms with E-state index in [1.807, 2.05) is 16.8 Å². The summed E-state index contributed by atoms with van der Waals surface area (Å²) in [5.74, 6) is 0.709. The van der Waals surface area contributed by atoms with E-state index in [9.17, 15) is 4.39 Å². The van der Waals surface area contributed by atoms with Crippen LogP contribution in [0.4, 0.5) is 10.2 Å². The predicted molar refractivity (Wildman–Crippen MR) is 90.7 cm³/mol. The lowest BCUT2D eigenvalue weighted by Gasteiger charge is -2.28. The number of nitrogens with one attached hydrogen (secondary N) is 1. The highest BCUT2D eigenvalue weighted by atomic mass is 35.5. The van der Waals surface area contributed by atoms with E-state index in [-0.39, 0.29) is 18.2 Å². The Balaban J connectivity index is 0.00000156. The Morgan fingerprint density at radius 1 is 1.09 bits per heavy atom. The Morgan fingerprint density at radius 2 is 1.83 bits per heavy atom. The molecule has 1 aromatic carbocycles. The molecule has 1 aliphatic rings. The number of piperazine rings is 1. The minimum Gasteiger partial charge on any atom is -0.352 e. The molecule has 3 heterocycles. The second-order valence-corrected chi connectivity index (χ2v) is 5.35. The Bertz CT molecular complexity index is 796. The monoisotopic (exact) mass is 333 g/mol. The first-order valence-corrected chi connectivity index (χ1v) is 7.37. The van der Waals surface area contributed by atoms with Gasteiger partial charge in [-0.1, -0.05) is 0 Å². The van der Waals surface area contributed by atoms with Crippen LogP contribution in [0, 0.1) is 5.82 Å². The zero-order chi connectivity index (χ0) is 14.9. The fourth-order valence-electron chi connectivity index (χ4n) is 2.79. The first-order valence-electron chi connectivity index (χ1n) is 7.37. The zero-order valence-corrected chi connectivity index (χ0v) is 13.3. The maximum absolute atomic E-state index is 13.1. The molecule has 0 unspecified atom stereocenters. The van der Waals surface area contributed by atoms with Crippen LogP contribution in [-0.4, -0.2) is 40.8 Å². The van der Waals surface area contributed by atoms with E-state index >= 15 is 0 Å². The van der Waals surface area contributed by atoms with Crippen LogP contribution < -0.4 is 10.2 Å². The van der Waals surface area contributed by atoms with Gasteiger partial charge < -0.3 is 10.2 Å². The summed E-state index contributed by atoms with van der Waals surface area (Å²) in [7, 11) is 0. The number of fused-ring (bicyclic) bond motifs is 1. The van der Waals surface area contributed by atoms with E-state index in [4.69, 9.17) is 0 Å². The van der Waals surface area contributed by atoms with E-state index in [2.05, 4.69) is 20.3 Å². The Hall–Kier alpha value is -2.18. The summed E-state index contributed by atoms with van der Waals surface area (Å²) < 4.78 is 14.9. The topological polar surface area (TPSA) is 45.5 Å². The van der Waals surface area contributed by atoms with Gasteiger partial charge in [-0.15, -0.1) is 12.4 Å². The van der Waals surface area contributed by atoms with Crippen molar-refractivity contribution in [3.63, 3.8) is 0 Å². The van der Waals surface area contributed by atoms with Gasteiger partial charge in [0, 0.05) is 44.1 Å². The van der Waals surface area contributed by atoms with Crippen LogP contribution in [0.15, 0.2) is 42.7 Å². The molecule has 1 saturated heterocycles. The van der Waals surface area contributed by atoms with Gasteiger partial charge >= 0.3 is 0 Å². The number of nitrogens with zero attached hydrogens (tertiary/aromatic N) is 4. The molecular weight excluding hydrogens is 317 g/mol. The molecule has 5 nitrogen and oxygen atoms in total. The van der Waals surface area contributed by atoms with Crippen LogP contribution in [0.5, 0.6) is 0 Å². The number of rotatable bonds is 2. The third kappa shape index (κ3) is 3.00. The molecule has 0 bridgehead atoms. The first-order chi connectivity index (χ1) is 10.8. The van der Waals surface area contributed by atoms with Crippen molar-refractivity contribution in [2.24, 2.45) is 0 Å². The SMILES string of the molecule is Cl.Fc1ccc(-c2cc3c(N4CCNCC4)nccn3n2)cc1. The zero-order valence-electron chi connectivity index (χ0n) is 12.4. The summed E-state index contributed by atoms with van der Waals surface area (Å²) in [6.45, 7) is 3.79. The average Bonchev–Trinajstić information content (AvgIpc) is 3.00. The molecule has 1 N–H and O–H groups in total. The van der Waals surface area contributed by atoms with E-state index in [1.165, 1.54) is 12.1 Å². The highest BCUT2D eigenvalue weighted by Gasteiger charge is 2.16. The third-order valence-electron chi connectivity index (χ3n) is 3.93. The average molecular weight is 334 g/mol. The fourth-order valence-corrected chi connectivity index (χ4v) is 2.79. The Labute approximate surface area is 139 Å². The molecule has 7 heteroatoms. The summed E-state index contributed by atoms with van der Waals surface area (Å²) in [6.07, 6.45) is 3.61. The molecule has 1 aliphatic heterocycles. The summed E-state index contributed by atoms with van der Waals surface area (Å²) in [5.41, 5.74) is 2.70. The van der Waals surface area contributed by atoms with Crippen molar-refractivity contribution < 1.29 is 4.39 Å². The molecule has 0 atom stereocenters. The molecule has 4 rings (SSSR count). The van der Waals surface area contributed by atoms with Gasteiger partial charge in [-0.25, -0.2) is 13.9 Å². The maximum Gasteiger partial charge on any atom is 0.154 e. The number of halogens is 2. The molecule has 2 aromatic heterocycles. The quantitative estimate of drug-likeness (QED) is 0.782. The predicted octanol–water partition coefficient (Wildman–Crippen LogP) is 2.37. The molecule has 120 valence electrons. The molecule has 3 aromatic rings. The normalized spacial score (nSPS) is 14.7. The van der Waals surface area contributed by atoms with Crippen molar-refractivity contribution in [1.29, 1.82) is 0 Å². The second kappa shape index (κ2) is 6.52. The lowest BCUT2D eigenvalue weighted by atomic mass is 10.1. The highest BCUT2D eigenvalue weighted by molar-refractivity contribution is 5.85. The van der Waals surface area contributed by atoms with E-state index in [1.54, 1.807) is 18.3 Å². The Morgan fingerprint density at radius 3 is 2.57 bits per heavy atom. The molecular formula is C16H17ClFN5. The van der Waals surface area contributed by atoms with E-state index in [0.29, 0.717) is 0 Å². The maximum atomic E-state index is 13.1. The summed E-state index contributed by atoms with van der Waals surface area (Å²) >= 11 is 0. The fraction of sp³-hybridized carbons (Fsp3) is 0.250. The smallest absolute Gasteiger partial charge is 0.154 e. The van der Waals surface area contributed by atoms with Crippen molar-refractivity contribution in [1.82, 2.24) is 19.9 Å².